The molecule has 2 nitrogen and oxygen atoms in total. The number of hydrogen-bond donors (Lipinski definition) is 2. The first-order valence-corrected chi connectivity index (χ1v) is 12.3. The van der Waals surface area contributed by atoms with Crippen molar-refractivity contribution >= 4 is 0 Å². The topological polar surface area (TPSA) is 40.5 Å². The fourth-order valence-electron chi connectivity index (χ4n) is 7.91. The van der Waals surface area contributed by atoms with Crippen molar-refractivity contribution in [3.8, 4) is 0 Å². The van der Waals surface area contributed by atoms with Crippen LogP contribution >= 0.6 is 0 Å². The molecular formula is C27H40O2. The summed E-state index contributed by atoms with van der Waals surface area (Å²) in [6.07, 6.45) is 19.6. The van der Waals surface area contributed by atoms with Crippen LogP contribution in [0.5, 0.6) is 0 Å². The molecule has 0 unspecified atom stereocenters. The molecule has 0 heterocycles. The summed E-state index contributed by atoms with van der Waals surface area (Å²) >= 11 is 0. The summed E-state index contributed by atoms with van der Waals surface area (Å²) in [6.45, 7) is 7.44. The van der Waals surface area contributed by atoms with Gasteiger partial charge >= 0.3 is 0 Å². The van der Waals surface area contributed by atoms with Crippen LogP contribution in [-0.2, 0) is 0 Å². The molecule has 0 aromatic heterocycles. The Kier molecular flexibility index (Phi) is 4.91. The van der Waals surface area contributed by atoms with E-state index in [0.717, 1.165) is 31.1 Å². The second-order valence-corrected chi connectivity index (χ2v) is 11.6. The molecule has 160 valence electrons. The Bertz CT molecular complexity index is 744. The third kappa shape index (κ3) is 3.21. The maximum atomic E-state index is 10.3. The summed E-state index contributed by atoms with van der Waals surface area (Å²) in [5, 5.41) is 20.5. The Morgan fingerprint density at radius 2 is 1.76 bits per heavy atom. The third-order valence-electron chi connectivity index (χ3n) is 9.97. The summed E-state index contributed by atoms with van der Waals surface area (Å²) in [7, 11) is 0. The molecule has 4 fully saturated rings. The highest BCUT2D eigenvalue weighted by atomic mass is 16.3. The SMILES string of the molecule is C[C@H](/C=C/[C@H](O)C1CC1)[C@H]1CC[C@H]2C3=CC=C4C[C@@H](O)CC[C@]4(C)[C@H]3CC[C@]12C. The molecule has 0 aromatic carbocycles. The highest BCUT2D eigenvalue weighted by Gasteiger charge is 2.56. The molecule has 8 atom stereocenters. The van der Waals surface area contributed by atoms with Crippen LogP contribution in [0.15, 0.2) is 35.5 Å². The van der Waals surface area contributed by atoms with E-state index in [0.29, 0.717) is 23.2 Å². The van der Waals surface area contributed by atoms with E-state index in [2.05, 4.69) is 45.1 Å². The minimum absolute atomic E-state index is 0.132. The van der Waals surface area contributed by atoms with Gasteiger partial charge in [0.2, 0.25) is 0 Å². The molecule has 0 amide bonds. The molecule has 2 N–H and O–H groups in total. The molecule has 5 rings (SSSR count). The number of aliphatic hydroxyl groups is 2. The van der Waals surface area contributed by atoms with E-state index in [4.69, 9.17) is 0 Å². The zero-order valence-corrected chi connectivity index (χ0v) is 18.6. The van der Waals surface area contributed by atoms with Gasteiger partial charge in [-0.25, -0.2) is 0 Å². The maximum absolute atomic E-state index is 10.3. The van der Waals surface area contributed by atoms with E-state index in [1.807, 2.05) is 0 Å². The molecule has 0 saturated heterocycles. The van der Waals surface area contributed by atoms with Crippen molar-refractivity contribution in [1.29, 1.82) is 0 Å². The Hall–Kier alpha value is -0.860. The van der Waals surface area contributed by atoms with Gasteiger partial charge < -0.3 is 10.2 Å². The lowest BCUT2D eigenvalue weighted by Gasteiger charge is -2.55. The molecule has 29 heavy (non-hydrogen) atoms. The standard InChI is InChI=1S/C27H40O2/c1-17(4-11-25(29)18-5-6-18)22-9-10-23-21-8-7-19-16-20(28)12-14-26(19,2)24(21)13-15-27(22,23)3/h4,7-8,11,17-18,20,22-25,28-29H,5-6,9-10,12-16H2,1-3H3/b11-4+/t17-,20+,22-,23+,24+,25+,26+,27-/m1/s1. The van der Waals surface area contributed by atoms with Crippen LogP contribution in [0.3, 0.4) is 0 Å². The van der Waals surface area contributed by atoms with Crippen LogP contribution in [0.2, 0.25) is 0 Å². The molecule has 4 saturated carbocycles. The highest BCUT2D eigenvalue weighted by Crippen LogP contribution is 2.66. The Morgan fingerprint density at radius 1 is 0.966 bits per heavy atom. The lowest BCUT2D eigenvalue weighted by atomic mass is 9.50. The van der Waals surface area contributed by atoms with Gasteiger partial charge in [-0.3, -0.25) is 0 Å². The van der Waals surface area contributed by atoms with Gasteiger partial charge in [0.15, 0.2) is 0 Å². The van der Waals surface area contributed by atoms with Crippen molar-refractivity contribution in [3.05, 3.63) is 35.5 Å². The van der Waals surface area contributed by atoms with Crippen molar-refractivity contribution in [2.24, 2.45) is 40.4 Å². The average molecular weight is 397 g/mol. The maximum Gasteiger partial charge on any atom is 0.0749 e. The molecular weight excluding hydrogens is 356 g/mol. The molecule has 0 spiro atoms. The summed E-state index contributed by atoms with van der Waals surface area (Å²) < 4.78 is 0. The van der Waals surface area contributed by atoms with Gasteiger partial charge in [0.25, 0.3) is 0 Å². The number of fused-ring (bicyclic) bond motifs is 5. The predicted octanol–water partition coefficient (Wildman–Crippen LogP) is 5.81. The normalized spacial score (nSPS) is 46.4. The van der Waals surface area contributed by atoms with Gasteiger partial charge in [0.05, 0.1) is 12.2 Å². The monoisotopic (exact) mass is 396 g/mol. The Balaban J connectivity index is 1.37. The first-order valence-electron chi connectivity index (χ1n) is 12.3. The van der Waals surface area contributed by atoms with Crippen LogP contribution in [0.1, 0.15) is 78.6 Å². The van der Waals surface area contributed by atoms with Gasteiger partial charge in [-0.1, -0.05) is 56.2 Å². The number of rotatable bonds is 4. The second-order valence-electron chi connectivity index (χ2n) is 11.6. The number of hydrogen-bond acceptors (Lipinski definition) is 2. The first-order chi connectivity index (χ1) is 13.8. The fraction of sp³-hybridized carbons (Fsp3) is 0.778. The molecule has 2 heteroatoms. The Labute approximate surface area is 177 Å². The smallest absolute Gasteiger partial charge is 0.0749 e. The van der Waals surface area contributed by atoms with Gasteiger partial charge in [-0.2, -0.15) is 0 Å². The van der Waals surface area contributed by atoms with Crippen molar-refractivity contribution in [3.63, 3.8) is 0 Å². The molecule has 0 aromatic rings. The van der Waals surface area contributed by atoms with Crippen molar-refractivity contribution < 1.29 is 10.2 Å². The van der Waals surface area contributed by atoms with Crippen LogP contribution < -0.4 is 0 Å². The van der Waals surface area contributed by atoms with Crippen LogP contribution in [0, 0.1) is 40.4 Å². The summed E-state index contributed by atoms with van der Waals surface area (Å²) in [4.78, 5) is 0. The van der Waals surface area contributed by atoms with Crippen LogP contribution in [0.4, 0.5) is 0 Å². The summed E-state index contributed by atoms with van der Waals surface area (Å²) in [5.74, 6) is 3.21. The Morgan fingerprint density at radius 3 is 2.52 bits per heavy atom. The predicted molar refractivity (Wildman–Crippen MR) is 118 cm³/mol. The van der Waals surface area contributed by atoms with Crippen molar-refractivity contribution in [1.82, 2.24) is 0 Å². The van der Waals surface area contributed by atoms with Gasteiger partial charge in [0.1, 0.15) is 0 Å². The van der Waals surface area contributed by atoms with E-state index in [1.54, 1.807) is 5.57 Å². The van der Waals surface area contributed by atoms with Gasteiger partial charge in [-0.05, 0) is 98.2 Å². The van der Waals surface area contributed by atoms with Crippen LogP contribution in [0.25, 0.3) is 0 Å². The lowest BCUT2D eigenvalue weighted by Crippen LogP contribution is -2.46. The lowest BCUT2D eigenvalue weighted by molar-refractivity contribution is 0.0382. The number of allylic oxidation sites excluding steroid dienone is 4. The molecule has 5 aliphatic carbocycles. The summed E-state index contributed by atoms with van der Waals surface area (Å²) in [5.41, 5.74) is 3.92. The fourth-order valence-corrected chi connectivity index (χ4v) is 7.91. The molecule has 0 radical (unpaired) electrons. The molecule has 0 aliphatic heterocycles. The van der Waals surface area contributed by atoms with E-state index in [9.17, 15) is 10.2 Å². The van der Waals surface area contributed by atoms with E-state index >= 15 is 0 Å². The zero-order valence-electron chi connectivity index (χ0n) is 18.6. The molecule has 0 bridgehead atoms. The highest BCUT2D eigenvalue weighted by molar-refractivity contribution is 5.39. The third-order valence-corrected chi connectivity index (χ3v) is 9.97. The van der Waals surface area contributed by atoms with E-state index < -0.39 is 0 Å². The zero-order chi connectivity index (χ0) is 20.4. The van der Waals surface area contributed by atoms with Gasteiger partial charge in [0, 0.05) is 0 Å². The van der Waals surface area contributed by atoms with Crippen molar-refractivity contribution in [2.75, 3.05) is 0 Å². The van der Waals surface area contributed by atoms with E-state index in [1.165, 1.54) is 44.1 Å². The van der Waals surface area contributed by atoms with E-state index in [-0.39, 0.29) is 17.6 Å². The molecule has 5 aliphatic rings. The minimum Gasteiger partial charge on any atom is -0.393 e. The second kappa shape index (κ2) is 7.09. The van der Waals surface area contributed by atoms with Gasteiger partial charge in [-0.15, -0.1) is 0 Å². The quantitative estimate of drug-likeness (QED) is 0.589. The first kappa shape index (κ1) is 20.1. The largest absolute Gasteiger partial charge is 0.393 e. The number of aliphatic hydroxyl groups excluding tert-OH is 2. The van der Waals surface area contributed by atoms with Crippen molar-refractivity contribution in [2.45, 2.75) is 90.8 Å². The van der Waals surface area contributed by atoms with Crippen LogP contribution in [-0.4, -0.2) is 22.4 Å². The summed E-state index contributed by atoms with van der Waals surface area (Å²) in [6, 6.07) is 0. The minimum atomic E-state index is -0.218. The average Bonchev–Trinajstić information content (AvgIpc) is 3.48.